The fourth-order valence-electron chi connectivity index (χ4n) is 19.4. The van der Waals surface area contributed by atoms with Crippen LogP contribution in [0.15, 0.2) is 30.3 Å². The van der Waals surface area contributed by atoms with Gasteiger partial charge in [0, 0.05) is 117 Å². The molecule has 2 aromatic rings. The van der Waals surface area contributed by atoms with Crippen LogP contribution >= 0.6 is 0 Å². The molecule has 9 amide bonds. The summed E-state index contributed by atoms with van der Waals surface area (Å²) in [4.78, 5) is 173. The number of primary amides is 1. The molecular weight excluding hydrogens is 1860 g/mol. The molecule has 4 aliphatic rings. The Kier molecular flexibility index (Phi) is 58.7. The number of benzene rings is 1. The third-order valence-electron chi connectivity index (χ3n) is 27.9. The Balaban J connectivity index is 1.05. The maximum absolute atomic E-state index is 15.4. The molecule has 17 atom stereocenters. The number of amides is 9. The Morgan fingerprint density at radius 1 is 0.576 bits per heavy atom. The number of aliphatic hydroxyl groups excluding tert-OH is 1. The number of carbonyl (C=O) groups excluding carboxylic acids is 12. The van der Waals surface area contributed by atoms with E-state index in [0.717, 1.165) is 68.1 Å². The number of ether oxygens (including phenoxy) is 12. The summed E-state index contributed by atoms with van der Waals surface area (Å²) in [7, 11) is 12.3. The first-order valence-corrected chi connectivity index (χ1v) is 52.9. The van der Waals surface area contributed by atoms with Gasteiger partial charge in [-0.15, -0.1) is 16.9 Å². The summed E-state index contributed by atoms with van der Waals surface area (Å²) in [6.07, 6.45) is 7.72. The van der Waals surface area contributed by atoms with Gasteiger partial charge in [-0.05, 0) is 125 Å². The normalized spacial score (nSPS) is 18.9. The molecule has 1 aromatic carbocycles. The van der Waals surface area contributed by atoms with E-state index in [9.17, 15) is 43.5 Å². The standard InChI is InChI=1S/C106H177N13O25/c1-18-75(8)97(91(133-16)69-93(125)117-48-32-42-87(117)99(134-17)76(9)101(127)111-77(10)98(126)78-34-23-21-24-35-78)116(12)104(130)85(72(2)3)68-89(123)96(74(6)7)115(11)103(129)80(37-31-46-109-105(107)131)67-88(122)94(73(4)5)112-102(128)79(66-81(120)44-52-136-55-58-139-61-60-138-57-54-135-51-33-38-82(121)70-144-100-83-39-25-19-20-26-40-84(83)100)36-29-30-45-108-92(124)71-143-90-43-28-22-27-41-86-95(90)113-114-118(86)49-53-137-56-59-140-62-63-141-64-65-142-106(132)110-47-50-119(13,14)15/h21,23-24,34-35,72-77,79-80,83-85,87,90-91,94,96-100,126H,18,22,25-33,36-71H2,1-17H3,(H6-,107,108,109,110,111,112,124,127,128,131,132)/p+1/t75-,76+,77+,79-,80+,83-,84+,85-,87-,90?,91+,94-,96-,97-,98+,99+,100?/m0/s1. The average molecular weight is 2030 g/mol. The van der Waals surface area contributed by atoms with Crippen LogP contribution in [0.25, 0.3) is 0 Å². The number of alkyl carbamates (subject to hydrolysis) is 1. The molecule has 38 nitrogen and oxygen atoms in total. The Bertz CT molecular complexity index is 4200. The molecule has 1 aliphatic heterocycles. The van der Waals surface area contributed by atoms with Gasteiger partial charge in [-0.2, -0.15) is 0 Å². The smallest absolute Gasteiger partial charge is 0.407 e. The maximum atomic E-state index is 15.4. The number of Topliss-reactive ketones (excluding diaryl/α,β-unsaturated/α-hetero) is 4. The second kappa shape index (κ2) is 68.1. The van der Waals surface area contributed by atoms with Crippen LogP contribution in [-0.2, 0) is 118 Å². The quantitative estimate of drug-likeness (QED) is 0.0185. The summed E-state index contributed by atoms with van der Waals surface area (Å²) in [6.45, 7) is 24.8. The van der Waals surface area contributed by atoms with E-state index in [4.69, 9.17) is 62.6 Å². The molecule has 8 N–H and O–H groups in total. The minimum atomic E-state index is -1.16. The SMILES string of the molecule is CC[C@H](C)[C@@H]([C@@H](CC(=O)N1CCC[C@H]1[C@H](OC)[C@@H](C)C(=O)N[C@H](C)[C@@H](O)c1ccccc1)OC)N(C)C(=O)[C@@H](CC(=O)[C@H](C(C)C)N(C)C(=O)[C@H](CCCNC(N)=O)CC(=O)[C@@H](NC(=O)[C@@H](CCCCNC(=O)COC1CCCCCc2c1nnn2CCOCCOCCOCCOC(=O)NCC[N+](C)(C)C)CC(=O)CCOCCOCCOCCOCCCC(=O)COC1[C@H]2CCC#CCC[C@@H]12)C(C)C)C(C)C. The Morgan fingerprint density at radius 3 is 1.80 bits per heavy atom. The molecule has 1 saturated heterocycles. The van der Waals surface area contributed by atoms with Crippen LogP contribution in [0.4, 0.5) is 9.59 Å². The highest BCUT2D eigenvalue weighted by Crippen LogP contribution is 2.48. The van der Waals surface area contributed by atoms with Crippen LogP contribution in [0.2, 0.25) is 0 Å². The van der Waals surface area contributed by atoms with Crippen molar-refractivity contribution < 1.29 is 124 Å². The number of likely N-dealkylation sites (N-methyl/N-ethyl adjacent to an activating group) is 3. The number of rotatable bonds is 76. The van der Waals surface area contributed by atoms with E-state index in [1.807, 2.05) is 71.7 Å². The Hall–Kier alpha value is -8.56. The van der Waals surface area contributed by atoms with E-state index in [1.54, 1.807) is 70.5 Å². The highest BCUT2D eigenvalue weighted by Gasteiger charge is 2.51. The fraction of sp³-hybridized carbons (Fsp3) is 0.792. The fourth-order valence-corrected chi connectivity index (χ4v) is 19.4. The van der Waals surface area contributed by atoms with Crippen LogP contribution < -0.4 is 32.3 Å². The lowest BCUT2D eigenvalue weighted by molar-refractivity contribution is -0.869. The van der Waals surface area contributed by atoms with Gasteiger partial charge in [0.2, 0.25) is 35.4 Å². The molecule has 3 aliphatic carbocycles. The lowest BCUT2D eigenvalue weighted by Crippen LogP contribution is -2.55. The Labute approximate surface area is 855 Å². The molecular formula is C106H178N13O25+. The van der Waals surface area contributed by atoms with Gasteiger partial charge in [0.15, 0.2) is 17.3 Å². The molecule has 1 saturated carbocycles. The molecule has 2 unspecified atom stereocenters. The number of quaternary nitrogens is 1. The minimum Gasteiger partial charge on any atom is -0.447 e. The van der Waals surface area contributed by atoms with Crippen molar-refractivity contribution in [2.24, 2.45) is 64.9 Å². The zero-order valence-corrected chi connectivity index (χ0v) is 89.6. The summed E-state index contributed by atoms with van der Waals surface area (Å²) in [5.74, 6) is -1.36. The van der Waals surface area contributed by atoms with Crippen LogP contribution in [0.3, 0.4) is 0 Å². The molecule has 38 heteroatoms. The van der Waals surface area contributed by atoms with Gasteiger partial charge in [0.05, 0.1) is 199 Å². The van der Waals surface area contributed by atoms with Crippen LogP contribution in [0, 0.1) is 71.0 Å². The average Bonchev–Trinajstić information content (AvgIpc) is 1.63. The molecule has 0 spiro atoms. The number of aromatic nitrogens is 3. The predicted octanol–water partition coefficient (Wildman–Crippen LogP) is 8.85. The topological polar surface area (TPSA) is 462 Å². The largest absolute Gasteiger partial charge is 0.447 e. The number of carbonyl (C=O) groups is 12. The summed E-state index contributed by atoms with van der Waals surface area (Å²) >= 11 is 0. The zero-order valence-electron chi connectivity index (χ0n) is 89.6. The molecule has 144 heavy (non-hydrogen) atoms. The molecule has 816 valence electrons. The zero-order chi connectivity index (χ0) is 106. The van der Waals surface area contributed by atoms with E-state index in [1.165, 1.54) is 26.2 Å². The van der Waals surface area contributed by atoms with Crippen LogP contribution in [0.1, 0.15) is 246 Å². The third-order valence-corrected chi connectivity index (χ3v) is 27.9. The van der Waals surface area contributed by atoms with Gasteiger partial charge in [0.1, 0.15) is 37.4 Å². The van der Waals surface area contributed by atoms with Gasteiger partial charge in [-0.3, -0.25) is 47.9 Å². The number of hydrogen-bond donors (Lipinski definition) is 7. The molecule has 6 rings (SSSR count). The van der Waals surface area contributed by atoms with Crippen molar-refractivity contribution in [2.45, 2.75) is 291 Å². The van der Waals surface area contributed by atoms with Crippen molar-refractivity contribution >= 4 is 70.7 Å². The van der Waals surface area contributed by atoms with Crippen LogP contribution in [0.5, 0.6) is 0 Å². The second-order valence-corrected chi connectivity index (χ2v) is 41.1. The predicted molar refractivity (Wildman–Crippen MR) is 542 cm³/mol. The molecule has 2 heterocycles. The molecule has 0 bridgehead atoms. The van der Waals surface area contributed by atoms with E-state index < -0.39 is 138 Å². The van der Waals surface area contributed by atoms with Crippen molar-refractivity contribution in [3.8, 4) is 11.8 Å². The Morgan fingerprint density at radius 2 is 1.19 bits per heavy atom. The van der Waals surface area contributed by atoms with E-state index in [0.29, 0.717) is 154 Å². The van der Waals surface area contributed by atoms with Gasteiger partial charge in [-0.25, -0.2) is 14.3 Å². The highest BCUT2D eigenvalue weighted by atomic mass is 16.6. The molecule has 0 radical (unpaired) electrons. The van der Waals surface area contributed by atoms with Crippen molar-refractivity contribution in [2.75, 3.05) is 194 Å². The number of nitrogens with one attached hydrogen (secondary N) is 5. The van der Waals surface area contributed by atoms with Gasteiger partial charge in [0.25, 0.3) is 0 Å². The first-order valence-electron chi connectivity index (χ1n) is 52.9. The minimum absolute atomic E-state index is 0.0329. The number of ketones is 4. The van der Waals surface area contributed by atoms with Crippen molar-refractivity contribution in [3.63, 3.8) is 0 Å². The monoisotopic (exact) mass is 2030 g/mol. The molecule has 2 fully saturated rings. The summed E-state index contributed by atoms with van der Waals surface area (Å²) < 4.78 is 72.1. The number of fused-ring (bicyclic) bond motifs is 2. The number of nitrogens with zero attached hydrogens (tertiary/aromatic N) is 7. The lowest BCUT2D eigenvalue weighted by Gasteiger charge is -2.41. The number of likely N-dealkylation sites (tertiary alicyclic amines) is 1. The maximum Gasteiger partial charge on any atom is 0.407 e. The molecule has 1 aromatic heterocycles. The van der Waals surface area contributed by atoms with Gasteiger partial charge in [-0.1, -0.05) is 124 Å². The van der Waals surface area contributed by atoms with Gasteiger partial charge >= 0.3 is 12.1 Å². The van der Waals surface area contributed by atoms with E-state index in [-0.39, 0.29) is 158 Å². The number of unbranched alkanes of at least 4 members (excludes halogenated alkanes) is 1. The summed E-state index contributed by atoms with van der Waals surface area (Å²) in [5.41, 5.74) is 7.75. The third kappa shape index (κ3) is 44.9. The number of nitrogens with two attached hydrogens (primary N) is 1. The van der Waals surface area contributed by atoms with Crippen molar-refractivity contribution in [3.05, 3.63) is 47.3 Å². The number of aliphatic hydroxyl groups is 1. The van der Waals surface area contributed by atoms with Crippen molar-refractivity contribution in [1.29, 1.82) is 0 Å². The first kappa shape index (κ1) is 124. The summed E-state index contributed by atoms with van der Waals surface area (Å²) in [5, 5.41) is 34.3. The van der Waals surface area contributed by atoms with E-state index >= 15 is 19.2 Å². The van der Waals surface area contributed by atoms with Crippen molar-refractivity contribution in [1.82, 2.24) is 56.3 Å². The second-order valence-electron chi connectivity index (χ2n) is 41.1. The number of methoxy groups -OCH3 is 2. The first-order chi connectivity index (χ1) is 68.9. The number of hydrogen-bond acceptors (Lipinski definition) is 27. The van der Waals surface area contributed by atoms with E-state index in [2.05, 4.69) is 48.7 Å². The summed E-state index contributed by atoms with van der Waals surface area (Å²) in [6, 6.07) is 4.24. The number of urea groups is 1. The van der Waals surface area contributed by atoms with Gasteiger partial charge < -0.3 is 113 Å². The highest BCUT2D eigenvalue weighted by molar-refractivity contribution is 5.97. The van der Waals surface area contributed by atoms with Crippen LogP contribution in [-0.4, -0.2) is 353 Å². The lowest BCUT2D eigenvalue weighted by atomic mass is 9.83.